The summed E-state index contributed by atoms with van der Waals surface area (Å²) in [6.07, 6.45) is -4.21. The number of hydrogen-bond acceptors (Lipinski definition) is 5. The van der Waals surface area contributed by atoms with E-state index in [-0.39, 0.29) is 5.91 Å². The van der Waals surface area contributed by atoms with Crippen molar-refractivity contribution in [2.45, 2.75) is 32.2 Å². The number of amides is 1. The first-order valence-electron chi connectivity index (χ1n) is 8.57. The van der Waals surface area contributed by atoms with Gasteiger partial charge in [-0.25, -0.2) is 9.67 Å². The summed E-state index contributed by atoms with van der Waals surface area (Å²) in [5, 5.41) is 3.54. The van der Waals surface area contributed by atoms with Crippen LogP contribution in [0.25, 0.3) is 0 Å². The number of ether oxygens (including phenoxy) is 1. The second-order valence-corrected chi connectivity index (χ2v) is 6.64. The number of carbonyl (C=O) groups is 1. The molecule has 0 bridgehead atoms. The van der Waals surface area contributed by atoms with E-state index >= 15 is 0 Å². The first-order valence-corrected chi connectivity index (χ1v) is 8.57. The summed E-state index contributed by atoms with van der Waals surface area (Å²) >= 11 is 0. The fourth-order valence-electron chi connectivity index (χ4n) is 3.30. The van der Waals surface area contributed by atoms with Gasteiger partial charge in [0.2, 0.25) is 5.91 Å². The molecule has 1 aromatic carbocycles. The standard InChI is InChI=1S/C17H18F3N5O2/c1-23-12-3-2-11(8-13(12)27-7-4-15(23)26)9-24-5-6-25-14(10-24)21-16(22-25)17(18,19)20/h2-3,8H,4-7,9-10H2,1H3. The van der Waals surface area contributed by atoms with Gasteiger partial charge in [-0.15, -0.1) is 5.10 Å². The second kappa shape index (κ2) is 6.52. The molecule has 0 saturated heterocycles. The molecule has 1 aromatic heterocycles. The number of halogens is 3. The molecule has 27 heavy (non-hydrogen) atoms. The average Bonchev–Trinajstić information content (AvgIpc) is 2.99. The quantitative estimate of drug-likeness (QED) is 0.797. The highest BCUT2D eigenvalue weighted by molar-refractivity contribution is 5.95. The molecule has 144 valence electrons. The van der Waals surface area contributed by atoms with Gasteiger partial charge in [-0.2, -0.15) is 13.2 Å². The van der Waals surface area contributed by atoms with E-state index in [1.54, 1.807) is 11.9 Å². The minimum atomic E-state index is -4.53. The van der Waals surface area contributed by atoms with Gasteiger partial charge in [-0.1, -0.05) is 6.07 Å². The Hall–Kier alpha value is -2.62. The first-order chi connectivity index (χ1) is 12.8. The van der Waals surface area contributed by atoms with Crippen molar-refractivity contribution in [1.29, 1.82) is 0 Å². The van der Waals surface area contributed by atoms with Crippen LogP contribution in [-0.4, -0.2) is 45.8 Å². The monoisotopic (exact) mass is 381 g/mol. The molecule has 10 heteroatoms. The van der Waals surface area contributed by atoms with Crippen molar-refractivity contribution >= 4 is 11.6 Å². The summed E-state index contributed by atoms with van der Waals surface area (Å²) in [4.78, 5) is 19.1. The summed E-state index contributed by atoms with van der Waals surface area (Å²) in [6.45, 7) is 2.09. The van der Waals surface area contributed by atoms with E-state index in [1.165, 1.54) is 4.68 Å². The molecular weight excluding hydrogens is 363 g/mol. The lowest BCUT2D eigenvalue weighted by atomic mass is 10.1. The Morgan fingerprint density at radius 3 is 2.85 bits per heavy atom. The van der Waals surface area contributed by atoms with E-state index in [4.69, 9.17) is 4.74 Å². The van der Waals surface area contributed by atoms with Gasteiger partial charge in [0.25, 0.3) is 5.82 Å². The molecule has 2 aliphatic rings. The Balaban J connectivity index is 1.50. The Bertz CT molecular complexity index is 880. The van der Waals surface area contributed by atoms with Crippen molar-refractivity contribution in [2.24, 2.45) is 0 Å². The van der Waals surface area contributed by atoms with Crippen LogP contribution in [0.4, 0.5) is 18.9 Å². The highest BCUT2D eigenvalue weighted by Crippen LogP contribution is 2.32. The van der Waals surface area contributed by atoms with Gasteiger partial charge >= 0.3 is 6.18 Å². The first kappa shape index (κ1) is 17.8. The summed E-state index contributed by atoms with van der Waals surface area (Å²) in [7, 11) is 1.71. The molecule has 0 aliphatic carbocycles. The third-order valence-electron chi connectivity index (χ3n) is 4.73. The third kappa shape index (κ3) is 3.48. The van der Waals surface area contributed by atoms with Crippen molar-refractivity contribution in [1.82, 2.24) is 19.7 Å². The van der Waals surface area contributed by atoms with Crippen LogP contribution >= 0.6 is 0 Å². The topological polar surface area (TPSA) is 63.5 Å². The van der Waals surface area contributed by atoms with Crippen molar-refractivity contribution < 1.29 is 22.7 Å². The molecule has 0 atom stereocenters. The van der Waals surface area contributed by atoms with E-state index in [2.05, 4.69) is 10.1 Å². The van der Waals surface area contributed by atoms with Crippen LogP contribution in [0.2, 0.25) is 0 Å². The molecule has 3 heterocycles. The fourth-order valence-corrected chi connectivity index (χ4v) is 3.30. The molecule has 0 saturated carbocycles. The van der Waals surface area contributed by atoms with Crippen molar-refractivity contribution in [3.05, 3.63) is 35.4 Å². The number of nitrogens with zero attached hydrogens (tertiary/aromatic N) is 5. The predicted octanol–water partition coefficient (Wildman–Crippen LogP) is 2.06. The molecule has 1 amide bonds. The molecule has 0 fully saturated rings. The van der Waals surface area contributed by atoms with E-state index in [1.807, 2.05) is 23.1 Å². The number of benzene rings is 1. The largest absolute Gasteiger partial charge is 0.491 e. The molecule has 2 aliphatic heterocycles. The van der Waals surface area contributed by atoms with Crippen LogP contribution < -0.4 is 9.64 Å². The van der Waals surface area contributed by atoms with Crippen LogP contribution in [0.3, 0.4) is 0 Å². The van der Waals surface area contributed by atoms with Crippen LogP contribution in [0.15, 0.2) is 18.2 Å². The van der Waals surface area contributed by atoms with Crippen molar-refractivity contribution in [3.63, 3.8) is 0 Å². The SMILES string of the molecule is CN1C(=O)CCOc2cc(CN3CCn4nc(C(F)(F)F)nc4C3)ccc21. The Kier molecular flexibility index (Phi) is 4.29. The van der Waals surface area contributed by atoms with Crippen LogP contribution in [0, 0.1) is 0 Å². The van der Waals surface area contributed by atoms with Gasteiger partial charge < -0.3 is 9.64 Å². The van der Waals surface area contributed by atoms with Gasteiger partial charge in [-0.3, -0.25) is 9.69 Å². The van der Waals surface area contributed by atoms with Gasteiger partial charge in [0, 0.05) is 20.1 Å². The number of fused-ring (bicyclic) bond motifs is 2. The second-order valence-electron chi connectivity index (χ2n) is 6.64. The number of anilines is 1. The zero-order chi connectivity index (χ0) is 19.2. The Morgan fingerprint density at radius 1 is 1.26 bits per heavy atom. The van der Waals surface area contributed by atoms with Crippen LogP contribution in [-0.2, 0) is 30.6 Å². The van der Waals surface area contributed by atoms with Crippen LogP contribution in [0.1, 0.15) is 23.6 Å². The van der Waals surface area contributed by atoms with E-state index in [0.717, 1.165) is 11.3 Å². The van der Waals surface area contributed by atoms with Crippen molar-refractivity contribution in [3.8, 4) is 5.75 Å². The summed E-state index contributed by atoms with van der Waals surface area (Å²) in [6, 6.07) is 5.62. The molecular formula is C17H18F3N5O2. The Labute approximate surface area is 153 Å². The Morgan fingerprint density at radius 2 is 2.07 bits per heavy atom. The third-order valence-corrected chi connectivity index (χ3v) is 4.73. The number of hydrogen-bond donors (Lipinski definition) is 0. The molecule has 2 aromatic rings. The summed E-state index contributed by atoms with van der Waals surface area (Å²) in [5.74, 6) is -0.145. The highest BCUT2D eigenvalue weighted by Gasteiger charge is 2.37. The van der Waals surface area contributed by atoms with E-state index in [9.17, 15) is 18.0 Å². The zero-order valence-corrected chi connectivity index (χ0v) is 14.7. The molecule has 0 N–H and O–H groups in total. The van der Waals surface area contributed by atoms with Gasteiger partial charge in [0.05, 0.1) is 31.8 Å². The minimum absolute atomic E-state index is 0.00247. The maximum Gasteiger partial charge on any atom is 0.453 e. The maximum atomic E-state index is 12.8. The molecule has 7 nitrogen and oxygen atoms in total. The van der Waals surface area contributed by atoms with Gasteiger partial charge in [0.15, 0.2) is 0 Å². The average molecular weight is 381 g/mol. The molecule has 4 rings (SSSR count). The smallest absolute Gasteiger partial charge is 0.453 e. The lowest BCUT2D eigenvalue weighted by molar-refractivity contribution is -0.145. The molecule has 0 radical (unpaired) electrons. The normalized spacial score (nSPS) is 17.9. The predicted molar refractivity (Wildman–Crippen MR) is 89.1 cm³/mol. The highest BCUT2D eigenvalue weighted by atomic mass is 19.4. The number of rotatable bonds is 2. The van der Waals surface area contributed by atoms with Gasteiger partial charge in [0.1, 0.15) is 11.6 Å². The minimum Gasteiger partial charge on any atom is -0.491 e. The summed E-state index contributed by atoms with van der Waals surface area (Å²) < 4.78 is 45.3. The summed E-state index contributed by atoms with van der Waals surface area (Å²) in [5.41, 5.74) is 1.68. The lowest BCUT2D eigenvalue weighted by Gasteiger charge is -2.27. The molecule has 0 spiro atoms. The maximum absolute atomic E-state index is 12.8. The van der Waals surface area contributed by atoms with Crippen molar-refractivity contribution in [2.75, 3.05) is 25.1 Å². The number of aromatic nitrogens is 3. The lowest BCUT2D eigenvalue weighted by Crippen LogP contribution is -2.33. The number of alkyl halides is 3. The van der Waals surface area contributed by atoms with Crippen LogP contribution in [0.5, 0.6) is 5.75 Å². The van der Waals surface area contributed by atoms with E-state index < -0.39 is 12.0 Å². The fraction of sp³-hybridized carbons (Fsp3) is 0.471. The zero-order valence-electron chi connectivity index (χ0n) is 14.7. The van der Waals surface area contributed by atoms with Gasteiger partial charge in [-0.05, 0) is 17.7 Å². The van der Waals surface area contributed by atoms with E-state index in [0.29, 0.717) is 50.8 Å². The molecule has 0 unspecified atom stereocenters. The number of carbonyl (C=O) groups excluding carboxylic acids is 1.